The Kier molecular flexibility index (Phi) is 10.2. The van der Waals surface area contributed by atoms with Crippen LogP contribution in [0.25, 0.3) is 0 Å². The van der Waals surface area contributed by atoms with Crippen LogP contribution < -0.4 is 4.72 Å². The quantitative estimate of drug-likeness (QED) is 0.925. The molecule has 0 radical (unpaired) electrons. The van der Waals surface area contributed by atoms with Crippen LogP contribution in [0.2, 0.25) is 0 Å². The van der Waals surface area contributed by atoms with E-state index in [2.05, 4.69) is 28.5 Å². The molecule has 6 heteroatoms. The third-order valence-electron chi connectivity index (χ3n) is 2.18. The molecule has 0 spiro atoms. The molecule has 0 saturated heterocycles. The van der Waals surface area contributed by atoms with Gasteiger partial charge < -0.3 is 0 Å². The van der Waals surface area contributed by atoms with Crippen LogP contribution in [-0.2, 0) is 10.0 Å². The summed E-state index contributed by atoms with van der Waals surface area (Å²) in [6.45, 7) is 15.8. The number of nitrogens with one attached hydrogen (secondary N) is 1. The van der Waals surface area contributed by atoms with Gasteiger partial charge in [-0.3, -0.25) is 4.72 Å². The van der Waals surface area contributed by atoms with Crippen molar-refractivity contribution in [3.8, 4) is 0 Å². The smallest absolute Gasteiger partial charge is 0.236 e. The lowest BCUT2D eigenvalue weighted by Crippen LogP contribution is -2.14. The minimum Gasteiger partial charge on any atom is -0.251 e. The van der Waals surface area contributed by atoms with Crippen LogP contribution in [0, 0.1) is 13.8 Å². The van der Waals surface area contributed by atoms with E-state index in [-0.39, 0.29) is 5.95 Å². The molecule has 1 heterocycles. The summed E-state index contributed by atoms with van der Waals surface area (Å²) in [5, 5.41) is 0. The van der Waals surface area contributed by atoms with Gasteiger partial charge in [-0.2, -0.15) is 0 Å². The number of aromatic nitrogens is 2. The Morgan fingerprint density at radius 2 is 1.30 bits per heavy atom. The number of nitrogens with zero attached hydrogens (tertiary/aromatic N) is 2. The molecule has 0 aliphatic rings. The van der Waals surface area contributed by atoms with Crippen molar-refractivity contribution in [3.05, 3.63) is 17.0 Å². The van der Waals surface area contributed by atoms with Crippen LogP contribution in [0.3, 0.4) is 0 Å². The highest BCUT2D eigenvalue weighted by atomic mass is 32.2. The molecule has 118 valence electrons. The molecule has 0 aromatic carbocycles. The van der Waals surface area contributed by atoms with Crippen molar-refractivity contribution >= 4 is 16.0 Å². The van der Waals surface area contributed by atoms with Crippen LogP contribution >= 0.6 is 0 Å². The number of anilines is 1. The Morgan fingerprint density at radius 1 is 0.950 bits per heavy atom. The van der Waals surface area contributed by atoms with E-state index in [1.54, 1.807) is 0 Å². The van der Waals surface area contributed by atoms with Crippen molar-refractivity contribution in [2.75, 3.05) is 11.0 Å². The predicted molar refractivity (Wildman–Crippen MR) is 86.8 cm³/mol. The molecule has 0 unspecified atom stereocenters. The zero-order valence-electron chi connectivity index (χ0n) is 14.2. The first-order chi connectivity index (χ1) is 9.20. The SMILES string of the molecule is CC.CC.Cc1nc(NS(C)(=O)=O)nc(C)c1C(C)C. The fourth-order valence-corrected chi connectivity index (χ4v) is 2.19. The van der Waals surface area contributed by atoms with Gasteiger partial charge in [-0.1, -0.05) is 41.5 Å². The molecule has 1 rings (SSSR count). The van der Waals surface area contributed by atoms with Crippen molar-refractivity contribution in [2.45, 2.75) is 61.3 Å². The van der Waals surface area contributed by atoms with E-state index in [1.807, 2.05) is 41.5 Å². The second kappa shape index (κ2) is 9.69. The fraction of sp³-hybridized carbons (Fsp3) is 0.714. The van der Waals surface area contributed by atoms with Crippen molar-refractivity contribution in [3.63, 3.8) is 0 Å². The van der Waals surface area contributed by atoms with Crippen molar-refractivity contribution in [1.29, 1.82) is 0 Å². The zero-order valence-corrected chi connectivity index (χ0v) is 15.0. The Labute approximate surface area is 124 Å². The van der Waals surface area contributed by atoms with Gasteiger partial charge in [-0.15, -0.1) is 0 Å². The average molecular weight is 303 g/mol. The topological polar surface area (TPSA) is 72.0 Å². The van der Waals surface area contributed by atoms with Crippen LogP contribution in [-0.4, -0.2) is 24.6 Å². The summed E-state index contributed by atoms with van der Waals surface area (Å²) in [7, 11) is -3.32. The number of hydrogen-bond acceptors (Lipinski definition) is 4. The van der Waals surface area contributed by atoms with Crippen LogP contribution in [0.1, 0.15) is 64.4 Å². The van der Waals surface area contributed by atoms with Gasteiger partial charge in [-0.05, 0) is 25.3 Å². The summed E-state index contributed by atoms with van der Waals surface area (Å²) in [6.07, 6.45) is 1.08. The molecular weight excluding hydrogens is 274 g/mol. The van der Waals surface area contributed by atoms with Gasteiger partial charge in [0.15, 0.2) is 0 Å². The van der Waals surface area contributed by atoms with Gasteiger partial charge in [0.1, 0.15) is 0 Å². The highest BCUT2D eigenvalue weighted by molar-refractivity contribution is 7.91. The molecule has 0 bridgehead atoms. The van der Waals surface area contributed by atoms with E-state index in [0.29, 0.717) is 5.92 Å². The molecule has 0 atom stereocenters. The third kappa shape index (κ3) is 7.43. The predicted octanol–water partition coefficient (Wildman–Crippen LogP) is 3.64. The van der Waals surface area contributed by atoms with Gasteiger partial charge in [0.05, 0.1) is 6.26 Å². The summed E-state index contributed by atoms with van der Waals surface area (Å²) in [6, 6.07) is 0. The maximum absolute atomic E-state index is 11.1. The van der Waals surface area contributed by atoms with Crippen molar-refractivity contribution in [2.24, 2.45) is 0 Å². The van der Waals surface area contributed by atoms with Crippen LogP contribution in [0.5, 0.6) is 0 Å². The zero-order chi connectivity index (χ0) is 16.5. The standard InChI is InChI=1S/C10H17N3O2S.2C2H6/c1-6(2)9-7(3)11-10(12-8(9)4)13-16(5,14)15;2*1-2/h6H,1-5H3,(H,11,12,13);2*1-2H3. The number of aryl methyl sites for hydroxylation is 2. The Bertz CT molecular complexity index is 474. The van der Waals surface area contributed by atoms with Crippen molar-refractivity contribution in [1.82, 2.24) is 9.97 Å². The lowest BCUT2D eigenvalue weighted by Gasteiger charge is -2.13. The molecular formula is C14H29N3O2S. The first kappa shape index (κ1) is 21.1. The number of sulfonamides is 1. The fourth-order valence-electron chi connectivity index (χ4n) is 1.77. The van der Waals surface area contributed by atoms with Crippen LogP contribution in [0.4, 0.5) is 5.95 Å². The minimum absolute atomic E-state index is 0.141. The third-order valence-corrected chi connectivity index (χ3v) is 2.73. The van der Waals surface area contributed by atoms with Gasteiger partial charge >= 0.3 is 0 Å². The molecule has 1 aromatic heterocycles. The Balaban J connectivity index is 0. The molecule has 5 nitrogen and oxygen atoms in total. The molecule has 20 heavy (non-hydrogen) atoms. The molecule has 0 aliphatic carbocycles. The Morgan fingerprint density at radius 3 is 1.55 bits per heavy atom. The summed E-state index contributed by atoms with van der Waals surface area (Å²) in [5.41, 5.74) is 2.70. The minimum atomic E-state index is -3.32. The lowest BCUT2D eigenvalue weighted by molar-refractivity contribution is 0.606. The van der Waals surface area contributed by atoms with E-state index >= 15 is 0 Å². The molecule has 0 fully saturated rings. The average Bonchev–Trinajstić information content (AvgIpc) is 2.30. The van der Waals surface area contributed by atoms with E-state index in [1.165, 1.54) is 0 Å². The number of hydrogen-bond donors (Lipinski definition) is 1. The Hall–Kier alpha value is -1.17. The molecule has 0 saturated carbocycles. The first-order valence-electron chi connectivity index (χ1n) is 7.03. The molecule has 1 N–H and O–H groups in total. The number of rotatable bonds is 3. The molecule has 1 aromatic rings. The van der Waals surface area contributed by atoms with E-state index < -0.39 is 10.0 Å². The maximum atomic E-state index is 11.1. The van der Waals surface area contributed by atoms with Gasteiger partial charge in [0.25, 0.3) is 0 Å². The van der Waals surface area contributed by atoms with Crippen molar-refractivity contribution < 1.29 is 8.42 Å². The molecule has 0 aliphatic heterocycles. The largest absolute Gasteiger partial charge is 0.251 e. The lowest BCUT2D eigenvalue weighted by atomic mass is 10.0. The molecule has 0 amide bonds. The summed E-state index contributed by atoms with van der Waals surface area (Å²) in [5.74, 6) is 0.467. The summed E-state index contributed by atoms with van der Waals surface area (Å²) in [4.78, 5) is 8.28. The summed E-state index contributed by atoms with van der Waals surface area (Å²) < 4.78 is 24.4. The second-order valence-electron chi connectivity index (χ2n) is 4.16. The van der Waals surface area contributed by atoms with E-state index in [4.69, 9.17) is 0 Å². The van der Waals surface area contributed by atoms with Gasteiger partial charge in [-0.25, -0.2) is 18.4 Å². The van der Waals surface area contributed by atoms with Gasteiger partial charge in [0, 0.05) is 11.4 Å². The maximum Gasteiger partial charge on any atom is 0.236 e. The second-order valence-corrected chi connectivity index (χ2v) is 5.91. The van der Waals surface area contributed by atoms with Gasteiger partial charge in [0.2, 0.25) is 16.0 Å². The van der Waals surface area contributed by atoms with E-state index in [0.717, 1.165) is 23.2 Å². The monoisotopic (exact) mass is 303 g/mol. The first-order valence-corrected chi connectivity index (χ1v) is 8.92. The highest BCUT2D eigenvalue weighted by Gasteiger charge is 2.13. The highest BCUT2D eigenvalue weighted by Crippen LogP contribution is 2.21. The van der Waals surface area contributed by atoms with E-state index in [9.17, 15) is 8.42 Å². The summed E-state index contributed by atoms with van der Waals surface area (Å²) >= 11 is 0. The normalized spacial score (nSPS) is 10.1. The van der Waals surface area contributed by atoms with Crippen LogP contribution in [0.15, 0.2) is 0 Å².